The summed E-state index contributed by atoms with van der Waals surface area (Å²) >= 11 is 0. The SMILES string of the molecule is C1=C(Cc2cccc3cccnc23)CC2CCCC1N2. The van der Waals surface area contributed by atoms with Crippen LogP contribution >= 0.6 is 0 Å². The second kappa shape index (κ2) is 5.02. The lowest BCUT2D eigenvalue weighted by atomic mass is 9.85. The molecule has 1 aromatic carbocycles. The number of nitrogens with zero attached hydrogens (tertiary/aromatic N) is 1. The van der Waals surface area contributed by atoms with E-state index >= 15 is 0 Å². The van der Waals surface area contributed by atoms with Gasteiger partial charge in [-0.3, -0.25) is 4.98 Å². The number of fused-ring (bicyclic) bond motifs is 3. The average molecular weight is 264 g/mol. The first-order valence-electron chi connectivity index (χ1n) is 7.67. The van der Waals surface area contributed by atoms with Crippen LogP contribution in [-0.2, 0) is 6.42 Å². The molecule has 1 fully saturated rings. The molecule has 4 rings (SSSR count). The summed E-state index contributed by atoms with van der Waals surface area (Å²) in [6, 6.07) is 12.0. The van der Waals surface area contributed by atoms with Crippen molar-refractivity contribution in [3.63, 3.8) is 0 Å². The number of hydrogen-bond donors (Lipinski definition) is 1. The number of aromatic nitrogens is 1. The highest BCUT2D eigenvalue weighted by molar-refractivity contribution is 5.81. The van der Waals surface area contributed by atoms with Crippen molar-refractivity contribution in [1.82, 2.24) is 10.3 Å². The summed E-state index contributed by atoms with van der Waals surface area (Å²) in [5, 5.41) is 4.96. The Kier molecular flexibility index (Phi) is 3.04. The first-order chi connectivity index (χ1) is 9.88. The van der Waals surface area contributed by atoms with Crippen molar-refractivity contribution in [2.75, 3.05) is 0 Å². The third-order valence-corrected chi connectivity index (χ3v) is 4.60. The highest BCUT2D eigenvalue weighted by Gasteiger charge is 2.25. The van der Waals surface area contributed by atoms with Crippen molar-refractivity contribution in [2.24, 2.45) is 0 Å². The van der Waals surface area contributed by atoms with Crippen LogP contribution in [0.1, 0.15) is 31.2 Å². The molecule has 0 radical (unpaired) electrons. The molecule has 0 amide bonds. The molecule has 2 aliphatic rings. The van der Waals surface area contributed by atoms with Gasteiger partial charge in [0.2, 0.25) is 0 Å². The minimum atomic E-state index is 0.612. The molecule has 2 heteroatoms. The molecule has 2 aliphatic heterocycles. The predicted octanol–water partition coefficient (Wildman–Crippen LogP) is 3.62. The van der Waals surface area contributed by atoms with Crippen LogP contribution in [-0.4, -0.2) is 17.1 Å². The normalized spacial score (nSPS) is 25.5. The maximum Gasteiger partial charge on any atom is 0.0737 e. The Bertz CT molecular complexity index is 654. The Balaban J connectivity index is 1.66. The Labute approximate surface area is 119 Å². The lowest BCUT2D eigenvalue weighted by Gasteiger charge is -2.35. The fraction of sp³-hybridized carbons (Fsp3) is 0.389. The van der Waals surface area contributed by atoms with E-state index in [1.807, 2.05) is 12.3 Å². The molecule has 1 aromatic heterocycles. The summed E-state index contributed by atoms with van der Waals surface area (Å²) in [6.45, 7) is 0. The van der Waals surface area contributed by atoms with E-state index in [0.29, 0.717) is 12.1 Å². The van der Waals surface area contributed by atoms with Crippen molar-refractivity contribution in [1.29, 1.82) is 0 Å². The first kappa shape index (κ1) is 12.1. The van der Waals surface area contributed by atoms with Gasteiger partial charge in [0, 0.05) is 23.7 Å². The molecular formula is C18H20N2. The number of rotatable bonds is 2. The van der Waals surface area contributed by atoms with Crippen molar-refractivity contribution in [2.45, 2.75) is 44.2 Å². The maximum absolute atomic E-state index is 4.58. The van der Waals surface area contributed by atoms with Gasteiger partial charge < -0.3 is 5.32 Å². The lowest BCUT2D eigenvalue weighted by molar-refractivity contribution is 0.333. The van der Waals surface area contributed by atoms with E-state index in [0.717, 1.165) is 6.42 Å². The molecule has 2 bridgehead atoms. The van der Waals surface area contributed by atoms with E-state index in [2.05, 4.69) is 40.6 Å². The highest BCUT2D eigenvalue weighted by atomic mass is 15.0. The van der Waals surface area contributed by atoms with Gasteiger partial charge in [-0.15, -0.1) is 0 Å². The standard InChI is InChI=1S/C18H20N2/c1-4-14-6-3-9-19-18(14)15(5-1)10-13-11-16-7-2-8-17(12-13)20-16/h1,3-6,9,11,16-17,20H,2,7-8,10,12H2. The van der Waals surface area contributed by atoms with Gasteiger partial charge in [-0.25, -0.2) is 0 Å². The predicted molar refractivity (Wildman–Crippen MR) is 82.7 cm³/mol. The Morgan fingerprint density at radius 3 is 3.05 bits per heavy atom. The molecule has 0 aliphatic carbocycles. The monoisotopic (exact) mass is 264 g/mol. The molecule has 2 unspecified atom stereocenters. The zero-order valence-electron chi connectivity index (χ0n) is 11.7. The zero-order valence-corrected chi connectivity index (χ0v) is 11.7. The molecule has 1 N–H and O–H groups in total. The third-order valence-electron chi connectivity index (χ3n) is 4.60. The van der Waals surface area contributed by atoms with E-state index in [9.17, 15) is 0 Å². The van der Waals surface area contributed by atoms with E-state index in [-0.39, 0.29) is 0 Å². The molecular weight excluding hydrogens is 244 g/mol. The molecule has 2 aromatic rings. The number of benzene rings is 1. The maximum atomic E-state index is 4.58. The molecule has 0 spiro atoms. The molecule has 102 valence electrons. The van der Waals surface area contributed by atoms with Crippen LogP contribution in [0.2, 0.25) is 0 Å². The van der Waals surface area contributed by atoms with Gasteiger partial charge in [0.15, 0.2) is 0 Å². The summed E-state index contributed by atoms with van der Waals surface area (Å²) in [5.74, 6) is 0. The molecule has 1 saturated heterocycles. The summed E-state index contributed by atoms with van der Waals surface area (Å²) in [6.07, 6.45) is 10.6. The quantitative estimate of drug-likeness (QED) is 0.838. The van der Waals surface area contributed by atoms with Gasteiger partial charge in [0.25, 0.3) is 0 Å². The zero-order chi connectivity index (χ0) is 13.4. The van der Waals surface area contributed by atoms with Crippen LogP contribution in [0.5, 0.6) is 0 Å². The van der Waals surface area contributed by atoms with Crippen LogP contribution in [0.4, 0.5) is 0 Å². The number of para-hydroxylation sites is 1. The smallest absolute Gasteiger partial charge is 0.0737 e. The molecule has 20 heavy (non-hydrogen) atoms. The fourth-order valence-electron chi connectivity index (χ4n) is 3.70. The van der Waals surface area contributed by atoms with Crippen molar-refractivity contribution in [3.05, 3.63) is 53.7 Å². The van der Waals surface area contributed by atoms with Crippen LogP contribution in [0.15, 0.2) is 48.2 Å². The summed E-state index contributed by atoms with van der Waals surface area (Å²) < 4.78 is 0. The van der Waals surface area contributed by atoms with E-state index in [4.69, 9.17) is 0 Å². The fourth-order valence-corrected chi connectivity index (χ4v) is 3.70. The Morgan fingerprint density at radius 2 is 2.10 bits per heavy atom. The molecule has 0 saturated carbocycles. The van der Waals surface area contributed by atoms with Crippen molar-refractivity contribution < 1.29 is 0 Å². The van der Waals surface area contributed by atoms with Gasteiger partial charge in [-0.2, -0.15) is 0 Å². The highest BCUT2D eigenvalue weighted by Crippen LogP contribution is 2.28. The summed E-state index contributed by atoms with van der Waals surface area (Å²) in [7, 11) is 0. The van der Waals surface area contributed by atoms with Gasteiger partial charge in [-0.05, 0) is 37.3 Å². The van der Waals surface area contributed by atoms with E-state index in [1.54, 1.807) is 5.57 Å². The minimum Gasteiger partial charge on any atom is -0.307 e. The van der Waals surface area contributed by atoms with Gasteiger partial charge >= 0.3 is 0 Å². The molecule has 3 heterocycles. The lowest BCUT2D eigenvalue weighted by Crippen LogP contribution is -2.44. The van der Waals surface area contributed by atoms with Crippen LogP contribution in [0.3, 0.4) is 0 Å². The third kappa shape index (κ3) is 2.25. The Hall–Kier alpha value is -1.67. The first-order valence-corrected chi connectivity index (χ1v) is 7.67. The second-order valence-electron chi connectivity index (χ2n) is 6.10. The topological polar surface area (TPSA) is 24.9 Å². The van der Waals surface area contributed by atoms with Gasteiger partial charge in [0.05, 0.1) is 5.52 Å². The van der Waals surface area contributed by atoms with Crippen molar-refractivity contribution >= 4 is 10.9 Å². The largest absolute Gasteiger partial charge is 0.307 e. The Morgan fingerprint density at radius 1 is 1.15 bits per heavy atom. The molecule has 2 nitrogen and oxygen atoms in total. The van der Waals surface area contributed by atoms with Gasteiger partial charge in [0.1, 0.15) is 0 Å². The van der Waals surface area contributed by atoms with E-state index < -0.39 is 0 Å². The van der Waals surface area contributed by atoms with Gasteiger partial charge in [-0.1, -0.05) is 42.3 Å². The van der Waals surface area contributed by atoms with Crippen LogP contribution < -0.4 is 5.32 Å². The van der Waals surface area contributed by atoms with Crippen LogP contribution in [0.25, 0.3) is 10.9 Å². The van der Waals surface area contributed by atoms with Crippen LogP contribution in [0, 0.1) is 0 Å². The van der Waals surface area contributed by atoms with E-state index in [1.165, 1.54) is 42.1 Å². The number of pyridine rings is 1. The number of piperidine rings is 1. The second-order valence-corrected chi connectivity index (χ2v) is 6.10. The number of hydrogen-bond acceptors (Lipinski definition) is 2. The average Bonchev–Trinajstić information content (AvgIpc) is 2.47. The molecule has 2 atom stereocenters. The summed E-state index contributed by atoms with van der Waals surface area (Å²) in [4.78, 5) is 4.58. The minimum absolute atomic E-state index is 0.612. The van der Waals surface area contributed by atoms with Crippen molar-refractivity contribution in [3.8, 4) is 0 Å². The number of nitrogens with one attached hydrogen (secondary N) is 1. The summed E-state index contributed by atoms with van der Waals surface area (Å²) in [5.41, 5.74) is 4.13.